The van der Waals surface area contributed by atoms with E-state index in [0.717, 1.165) is 66.4 Å². The maximum atomic E-state index is 13.4. The molecule has 2 aliphatic heterocycles. The molecule has 0 aliphatic carbocycles. The van der Waals surface area contributed by atoms with Crippen LogP contribution in [0.4, 0.5) is 0 Å². The second kappa shape index (κ2) is 9.92. The van der Waals surface area contributed by atoms with Gasteiger partial charge in [-0.05, 0) is 72.2 Å². The first kappa shape index (κ1) is 23.6. The average Bonchev–Trinajstić information content (AvgIpc) is 3.39. The van der Waals surface area contributed by atoms with E-state index in [1.54, 1.807) is 7.11 Å². The van der Waals surface area contributed by atoms with Gasteiger partial charge in [0.15, 0.2) is 0 Å². The molecule has 0 saturated carbocycles. The molecule has 0 spiro atoms. The maximum Gasteiger partial charge on any atom is 0.254 e. The average molecular weight is 496 g/mol. The minimum absolute atomic E-state index is 0.00506. The van der Waals surface area contributed by atoms with Crippen molar-refractivity contribution in [2.45, 2.75) is 31.6 Å². The Kier molecular flexibility index (Phi) is 6.33. The number of aromatic amines is 1. The summed E-state index contributed by atoms with van der Waals surface area (Å²) in [5.41, 5.74) is 3.19. The molecule has 0 radical (unpaired) electrons. The van der Waals surface area contributed by atoms with Gasteiger partial charge in [-0.2, -0.15) is 0 Å². The fourth-order valence-electron chi connectivity index (χ4n) is 6.17. The summed E-state index contributed by atoms with van der Waals surface area (Å²) in [4.78, 5) is 34.0. The van der Waals surface area contributed by atoms with Gasteiger partial charge in [-0.3, -0.25) is 9.59 Å². The van der Waals surface area contributed by atoms with Crippen molar-refractivity contribution in [3.63, 3.8) is 0 Å². The molecular formula is C31H33N3O3. The molecular weight excluding hydrogens is 462 g/mol. The Bertz CT molecular complexity index is 1440. The first-order valence-electron chi connectivity index (χ1n) is 13.3. The number of fused-ring (bicyclic) bond motifs is 2. The Balaban J connectivity index is 1.06. The van der Waals surface area contributed by atoms with Crippen molar-refractivity contribution in [1.29, 1.82) is 0 Å². The van der Waals surface area contributed by atoms with Crippen molar-refractivity contribution < 1.29 is 14.3 Å². The zero-order valence-corrected chi connectivity index (χ0v) is 21.3. The number of likely N-dealkylation sites (tertiary alicyclic amines) is 2. The van der Waals surface area contributed by atoms with Crippen LogP contribution < -0.4 is 4.74 Å². The Morgan fingerprint density at radius 1 is 0.838 bits per heavy atom. The van der Waals surface area contributed by atoms with Gasteiger partial charge >= 0.3 is 0 Å². The van der Waals surface area contributed by atoms with Crippen LogP contribution in [0.25, 0.3) is 21.7 Å². The molecule has 2 amide bonds. The summed E-state index contributed by atoms with van der Waals surface area (Å²) in [6, 6.07) is 20.1. The number of H-pyrrole nitrogens is 1. The van der Waals surface area contributed by atoms with Crippen LogP contribution >= 0.6 is 0 Å². The fraction of sp³-hybridized carbons (Fsp3) is 0.355. The molecule has 1 N–H and O–H groups in total. The molecule has 1 aromatic heterocycles. The lowest BCUT2D eigenvalue weighted by Crippen LogP contribution is -2.46. The highest BCUT2D eigenvalue weighted by Gasteiger charge is 2.33. The summed E-state index contributed by atoms with van der Waals surface area (Å²) in [5, 5.41) is 3.28. The van der Waals surface area contributed by atoms with E-state index in [9.17, 15) is 9.59 Å². The van der Waals surface area contributed by atoms with Crippen LogP contribution in [0.3, 0.4) is 0 Å². The minimum Gasteiger partial charge on any atom is -0.497 e. The van der Waals surface area contributed by atoms with E-state index >= 15 is 0 Å². The summed E-state index contributed by atoms with van der Waals surface area (Å²) < 4.78 is 5.42. The molecule has 4 aromatic rings. The Labute approximate surface area is 217 Å². The molecule has 2 aliphatic rings. The van der Waals surface area contributed by atoms with Gasteiger partial charge in [-0.1, -0.05) is 36.4 Å². The number of rotatable bonds is 4. The molecule has 6 rings (SSSR count). The second-order valence-corrected chi connectivity index (χ2v) is 10.3. The topological polar surface area (TPSA) is 65.6 Å². The summed E-state index contributed by atoms with van der Waals surface area (Å²) in [6.45, 7) is 2.84. The third kappa shape index (κ3) is 4.45. The summed E-state index contributed by atoms with van der Waals surface area (Å²) >= 11 is 0. The number of nitrogens with zero attached hydrogens (tertiary/aromatic N) is 2. The van der Waals surface area contributed by atoms with Gasteiger partial charge in [0.25, 0.3) is 5.91 Å². The highest BCUT2D eigenvalue weighted by molar-refractivity contribution is 6.07. The van der Waals surface area contributed by atoms with Gasteiger partial charge in [-0.25, -0.2) is 0 Å². The summed E-state index contributed by atoms with van der Waals surface area (Å²) in [6.07, 6.45) is 5.52. The van der Waals surface area contributed by atoms with Crippen LogP contribution in [0.15, 0.2) is 66.9 Å². The number of aromatic nitrogens is 1. The monoisotopic (exact) mass is 495 g/mol. The molecule has 3 heterocycles. The number of benzene rings is 3. The molecule has 6 heteroatoms. The Morgan fingerprint density at radius 3 is 2.35 bits per heavy atom. The first-order chi connectivity index (χ1) is 18.1. The van der Waals surface area contributed by atoms with Crippen molar-refractivity contribution >= 4 is 33.5 Å². The number of piperidine rings is 2. The third-order valence-corrected chi connectivity index (χ3v) is 8.32. The molecule has 0 unspecified atom stereocenters. The molecule has 2 saturated heterocycles. The predicted molar refractivity (Wildman–Crippen MR) is 146 cm³/mol. The van der Waals surface area contributed by atoms with Crippen molar-refractivity contribution in [3.05, 3.63) is 78.0 Å². The second-order valence-electron chi connectivity index (χ2n) is 10.3. The lowest BCUT2D eigenvalue weighted by Gasteiger charge is -2.37. The van der Waals surface area contributed by atoms with Crippen LogP contribution in [0.5, 0.6) is 5.75 Å². The van der Waals surface area contributed by atoms with E-state index in [-0.39, 0.29) is 17.7 Å². The van der Waals surface area contributed by atoms with Crippen LogP contribution in [0, 0.1) is 5.92 Å². The largest absolute Gasteiger partial charge is 0.497 e. The molecule has 2 fully saturated rings. The van der Waals surface area contributed by atoms with Crippen molar-refractivity contribution in [2.24, 2.45) is 5.92 Å². The van der Waals surface area contributed by atoms with Gasteiger partial charge in [0, 0.05) is 54.8 Å². The fourth-order valence-corrected chi connectivity index (χ4v) is 6.17. The summed E-state index contributed by atoms with van der Waals surface area (Å²) in [5.74, 6) is 1.64. The van der Waals surface area contributed by atoms with E-state index in [1.807, 2.05) is 53.4 Å². The molecule has 0 bridgehead atoms. The minimum atomic E-state index is 0.00506. The van der Waals surface area contributed by atoms with Gasteiger partial charge in [0.1, 0.15) is 5.75 Å². The standard InChI is InChI=1S/C31H33N3O3/c1-37-24-9-10-29-27(19-24)28(20-32-29)22-11-15-33(16-12-22)30(35)23-13-17-34(18-14-23)31(36)26-8-4-6-21-5-2-3-7-25(21)26/h2-10,19-20,22-23,32H,11-18H2,1H3. The maximum absolute atomic E-state index is 13.4. The number of nitrogens with one attached hydrogen (secondary N) is 1. The molecule has 190 valence electrons. The third-order valence-electron chi connectivity index (χ3n) is 8.32. The van der Waals surface area contributed by atoms with Gasteiger partial charge in [0.2, 0.25) is 5.91 Å². The van der Waals surface area contributed by atoms with Gasteiger partial charge in [0.05, 0.1) is 7.11 Å². The van der Waals surface area contributed by atoms with E-state index in [1.165, 1.54) is 10.9 Å². The van der Waals surface area contributed by atoms with E-state index in [4.69, 9.17) is 4.74 Å². The Morgan fingerprint density at radius 2 is 1.57 bits per heavy atom. The highest BCUT2D eigenvalue weighted by atomic mass is 16.5. The molecule has 0 atom stereocenters. The van der Waals surface area contributed by atoms with Crippen molar-refractivity contribution in [2.75, 3.05) is 33.3 Å². The van der Waals surface area contributed by atoms with Gasteiger partial charge in [-0.15, -0.1) is 0 Å². The lowest BCUT2D eigenvalue weighted by atomic mass is 9.87. The van der Waals surface area contributed by atoms with Crippen LogP contribution in [0.1, 0.15) is 47.5 Å². The van der Waals surface area contributed by atoms with E-state index < -0.39 is 0 Å². The van der Waals surface area contributed by atoms with Gasteiger partial charge < -0.3 is 19.5 Å². The first-order valence-corrected chi connectivity index (χ1v) is 13.3. The highest BCUT2D eigenvalue weighted by Crippen LogP contribution is 2.35. The molecule has 37 heavy (non-hydrogen) atoms. The normalized spacial score (nSPS) is 17.4. The zero-order chi connectivity index (χ0) is 25.4. The lowest BCUT2D eigenvalue weighted by molar-refractivity contribution is -0.138. The predicted octanol–water partition coefficient (Wildman–Crippen LogP) is 5.59. The number of methoxy groups -OCH3 is 1. The van der Waals surface area contributed by atoms with Crippen LogP contribution in [0.2, 0.25) is 0 Å². The van der Waals surface area contributed by atoms with E-state index in [2.05, 4.69) is 28.2 Å². The number of amides is 2. The molecule has 6 nitrogen and oxygen atoms in total. The SMILES string of the molecule is COc1ccc2[nH]cc(C3CCN(C(=O)C4CCN(C(=O)c5cccc6ccccc56)CC4)CC3)c2c1. The van der Waals surface area contributed by atoms with E-state index in [0.29, 0.717) is 19.0 Å². The summed E-state index contributed by atoms with van der Waals surface area (Å²) in [7, 11) is 1.70. The van der Waals surface area contributed by atoms with Crippen LogP contribution in [-0.4, -0.2) is 59.9 Å². The Hall–Kier alpha value is -3.80. The zero-order valence-electron chi connectivity index (χ0n) is 21.3. The molecule has 3 aromatic carbocycles. The van der Waals surface area contributed by atoms with Crippen molar-refractivity contribution in [3.8, 4) is 5.75 Å². The quantitative estimate of drug-likeness (QED) is 0.402. The number of hydrogen-bond donors (Lipinski definition) is 1. The van der Waals surface area contributed by atoms with Crippen LogP contribution in [-0.2, 0) is 4.79 Å². The number of carbonyl (C=O) groups excluding carboxylic acids is 2. The number of hydrogen-bond acceptors (Lipinski definition) is 3. The smallest absolute Gasteiger partial charge is 0.254 e. The number of ether oxygens (including phenoxy) is 1. The number of carbonyl (C=O) groups is 2. The van der Waals surface area contributed by atoms with Crippen molar-refractivity contribution in [1.82, 2.24) is 14.8 Å².